The third kappa shape index (κ3) is 8.43. The van der Waals surface area contributed by atoms with Gasteiger partial charge in [0.25, 0.3) is 0 Å². The van der Waals surface area contributed by atoms with Crippen LogP contribution in [0, 0.1) is 0 Å². The Kier molecular flexibility index (Phi) is 15.4. The summed E-state index contributed by atoms with van der Waals surface area (Å²) in [5, 5.41) is 4.28. The van der Waals surface area contributed by atoms with Gasteiger partial charge in [0, 0.05) is 0 Å². The number of rotatable bonds is 8. The first kappa shape index (κ1) is 47.8. The van der Waals surface area contributed by atoms with Crippen molar-refractivity contribution in [2.45, 2.75) is 112 Å². The summed E-state index contributed by atoms with van der Waals surface area (Å²) in [6.45, 7) is 28.8. The van der Waals surface area contributed by atoms with Gasteiger partial charge >= 0.3 is 336 Å². The first-order chi connectivity index (χ1) is 25.0. The minimum atomic E-state index is -3.08. The van der Waals surface area contributed by atoms with E-state index in [4.69, 9.17) is 0 Å². The van der Waals surface area contributed by atoms with Gasteiger partial charge in [-0.25, -0.2) is 0 Å². The monoisotopic (exact) mass is 852 g/mol. The summed E-state index contributed by atoms with van der Waals surface area (Å²) in [6.07, 6.45) is 2.02. The molecule has 5 aromatic carbocycles. The van der Waals surface area contributed by atoms with Crippen molar-refractivity contribution in [2.24, 2.45) is 0 Å². The van der Waals surface area contributed by atoms with E-state index in [-0.39, 0.29) is 53.1 Å². The number of benzene rings is 5. The molecule has 0 nitrogen and oxygen atoms in total. The molecule has 1 aliphatic rings. The van der Waals surface area contributed by atoms with Gasteiger partial charge in [-0.05, 0) is 0 Å². The second kappa shape index (κ2) is 18.1. The predicted octanol–water partition coefficient (Wildman–Crippen LogP) is 3.15. The quantitative estimate of drug-likeness (QED) is 0.167. The van der Waals surface area contributed by atoms with Gasteiger partial charge < -0.3 is 37.2 Å². The van der Waals surface area contributed by atoms with Gasteiger partial charge in [-0.3, -0.25) is 0 Å². The molecular formula is C51H59Cl3SiTi. The summed E-state index contributed by atoms with van der Waals surface area (Å²) in [4.78, 5) is 0. The summed E-state index contributed by atoms with van der Waals surface area (Å²) in [5.74, 6) is 0. The second-order valence-corrected chi connectivity index (χ2v) is 22.7. The maximum Gasteiger partial charge on any atom is -1.00 e. The molecule has 0 aromatic heterocycles. The van der Waals surface area contributed by atoms with E-state index in [1.54, 1.807) is 0 Å². The minimum Gasteiger partial charge on any atom is -1.00 e. The normalized spacial score (nSPS) is 16.8. The van der Waals surface area contributed by atoms with Gasteiger partial charge in [0.05, 0.1) is 0 Å². The fourth-order valence-electron chi connectivity index (χ4n) is 8.78. The van der Waals surface area contributed by atoms with Crippen molar-refractivity contribution in [2.75, 3.05) is 0 Å². The summed E-state index contributed by atoms with van der Waals surface area (Å²) in [6, 6.07) is 45.3. The molecule has 0 N–H and O–H groups in total. The van der Waals surface area contributed by atoms with E-state index in [1.165, 1.54) is 80.7 Å². The van der Waals surface area contributed by atoms with Crippen molar-refractivity contribution in [3.8, 4) is 22.3 Å². The molecule has 56 heavy (non-hydrogen) atoms. The minimum absolute atomic E-state index is 0. The van der Waals surface area contributed by atoms with Crippen LogP contribution in [0.15, 0.2) is 136 Å². The van der Waals surface area contributed by atoms with Crippen LogP contribution in [-0.4, -0.2) is 8.07 Å². The van der Waals surface area contributed by atoms with Crippen molar-refractivity contribution >= 4 is 23.6 Å². The van der Waals surface area contributed by atoms with Gasteiger partial charge in [0.15, 0.2) is 0 Å². The fraction of sp³-hybridized carbons (Fsp3) is 0.333. The number of allylic oxidation sites excluding steroid dienone is 4. The maximum atomic E-state index is 2.65. The number of aryl methyl sites for hydroxylation is 2. The van der Waals surface area contributed by atoms with Gasteiger partial charge in [-0.15, -0.1) is 0 Å². The van der Waals surface area contributed by atoms with Gasteiger partial charge in [-0.1, -0.05) is 0 Å². The van der Waals surface area contributed by atoms with Crippen LogP contribution in [0.25, 0.3) is 22.3 Å². The van der Waals surface area contributed by atoms with E-state index in [0.29, 0.717) is 0 Å². The predicted molar refractivity (Wildman–Crippen MR) is 230 cm³/mol. The van der Waals surface area contributed by atoms with E-state index >= 15 is 0 Å². The van der Waals surface area contributed by atoms with Gasteiger partial charge in [-0.2, -0.15) is 0 Å². The van der Waals surface area contributed by atoms with Crippen molar-refractivity contribution < 1.29 is 57.7 Å². The third-order valence-corrected chi connectivity index (χ3v) is 19.8. The topological polar surface area (TPSA) is 0 Å². The molecule has 0 amide bonds. The van der Waals surface area contributed by atoms with Crippen LogP contribution >= 0.6 is 0 Å². The molecule has 0 aliphatic heterocycles. The Morgan fingerprint density at radius 3 is 1.25 bits per heavy atom. The average molecular weight is 854 g/mol. The Morgan fingerprint density at radius 1 is 0.500 bits per heavy atom. The van der Waals surface area contributed by atoms with E-state index < -0.39 is 8.07 Å². The first-order valence-electron chi connectivity index (χ1n) is 19.6. The number of hydrogen-bond acceptors (Lipinski definition) is 0. The largest absolute Gasteiger partial charge is 1.00 e. The summed E-state index contributed by atoms with van der Waals surface area (Å²) < 4.78 is 1.52. The average Bonchev–Trinajstić information content (AvgIpc) is 3.30. The van der Waals surface area contributed by atoms with Gasteiger partial charge in [0.1, 0.15) is 0 Å². The zero-order valence-corrected chi connectivity index (χ0v) is 40.3. The van der Waals surface area contributed by atoms with Crippen LogP contribution in [0.4, 0.5) is 0 Å². The first-order valence-corrected chi connectivity index (χ1v) is 22.4. The summed E-state index contributed by atoms with van der Waals surface area (Å²) in [7, 11) is -3.08. The molecule has 0 saturated heterocycles. The third-order valence-electron chi connectivity index (χ3n) is 12.5. The van der Waals surface area contributed by atoms with Crippen LogP contribution in [0.3, 0.4) is 0 Å². The van der Waals surface area contributed by atoms with Crippen LogP contribution in [0.2, 0.25) is 5.04 Å². The Labute approximate surface area is 370 Å². The molecule has 5 heteroatoms. The van der Waals surface area contributed by atoms with Crippen LogP contribution in [0.1, 0.15) is 105 Å². The maximum absolute atomic E-state index is 3.08. The van der Waals surface area contributed by atoms with Crippen molar-refractivity contribution in [1.82, 2.24) is 0 Å². The van der Waals surface area contributed by atoms with E-state index in [0.717, 1.165) is 12.8 Å². The molecule has 0 saturated carbocycles. The molecule has 0 radical (unpaired) electrons. The Morgan fingerprint density at radius 2 is 0.893 bits per heavy atom. The fourth-order valence-corrected chi connectivity index (χ4v) is 16.6. The molecule has 0 heterocycles. The van der Waals surface area contributed by atoms with Gasteiger partial charge in [0.2, 0.25) is 0 Å². The molecule has 0 spiro atoms. The number of hydrogen-bond donors (Lipinski definition) is 0. The second-order valence-electron chi connectivity index (χ2n) is 17.7. The smallest absolute Gasteiger partial charge is 1.00 e. The van der Waals surface area contributed by atoms with Crippen LogP contribution in [0.5, 0.6) is 0 Å². The Hall–Kier alpha value is -2.62. The molecule has 292 valence electrons. The zero-order valence-electron chi connectivity index (χ0n) is 35.5. The van der Waals surface area contributed by atoms with Crippen molar-refractivity contribution in [3.63, 3.8) is 0 Å². The van der Waals surface area contributed by atoms with E-state index in [9.17, 15) is 0 Å². The molecular weight excluding hydrogens is 795 g/mol. The van der Waals surface area contributed by atoms with E-state index in [1.807, 2.05) is 0 Å². The SMILES string of the molecule is CCc1cc(CC)cc([Si](c2cc(-c3ccccc3)cc(-c3ccccc3)c2)(c2cc(C(C)(C)C)cc(C(C)(C)C)c2)C2(C)C(C)=C(C)C(C)=[C]2[Ti+3])c1.[Cl-].[Cl-].[Cl-]. The molecule has 2 unspecified atom stereocenters. The Balaban J connectivity index is 0.00000280. The number of halogens is 3. The van der Waals surface area contributed by atoms with Crippen molar-refractivity contribution in [3.05, 3.63) is 158 Å². The van der Waals surface area contributed by atoms with Crippen molar-refractivity contribution in [1.29, 1.82) is 0 Å². The van der Waals surface area contributed by atoms with Crippen LogP contribution in [-0.2, 0) is 44.1 Å². The standard InChI is InChI=1S/C51H59Si.3ClH.Ti/c1-13-38-25-39(14-2)27-46(26-38)52(51(12)34-35(3)36(4)37(51)5,48-32-44(49(6,7)8)31-45(33-48)50(9,10)11)47-29-42(40-21-17-15-18-22-40)28-43(30-47)41-23-19-16-20-24-41;;;;/h15-33H,13-14H2,1-12H3;3*1H;/q;;;;+3/p-3. The molecule has 5 aromatic rings. The Bertz CT molecular complexity index is 2090. The van der Waals surface area contributed by atoms with Crippen LogP contribution < -0.4 is 52.8 Å². The molecule has 0 fully saturated rings. The molecule has 2 atom stereocenters. The molecule has 6 rings (SSSR count). The summed E-state index contributed by atoms with van der Waals surface area (Å²) >= 11 is 2.46. The van der Waals surface area contributed by atoms with E-state index in [2.05, 4.69) is 219 Å². The summed E-state index contributed by atoms with van der Waals surface area (Å²) in [5.41, 5.74) is 15.2. The zero-order chi connectivity index (χ0) is 38.5. The molecule has 1 aliphatic carbocycles. The molecule has 0 bridgehead atoms.